The van der Waals surface area contributed by atoms with E-state index in [1.54, 1.807) is 0 Å². The molecular formula is C12H21BrO. The normalized spacial score (nSPS) is 36.4. The Morgan fingerprint density at radius 2 is 2.00 bits per heavy atom. The molecule has 0 amide bonds. The minimum absolute atomic E-state index is 0.508. The summed E-state index contributed by atoms with van der Waals surface area (Å²) in [6.45, 7) is 2.20. The highest BCUT2D eigenvalue weighted by Gasteiger charge is 2.37. The first-order valence-electron chi connectivity index (χ1n) is 5.95. The fourth-order valence-electron chi connectivity index (χ4n) is 3.04. The molecule has 82 valence electrons. The molecule has 2 atom stereocenters. The van der Waals surface area contributed by atoms with E-state index in [4.69, 9.17) is 4.74 Å². The Morgan fingerprint density at radius 1 is 1.29 bits per heavy atom. The molecule has 1 saturated heterocycles. The summed E-state index contributed by atoms with van der Waals surface area (Å²) in [5.41, 5.74) is 0.578. The highest BCUT2D eigenvalue weighted by Crippen LogP contribution is 2.45. The van der Waals surface area contributed by atoms with Gasteiger partial charge in [-0.1, -0.05) is 28.8 Å². The Labute approximate surface area is 95.7 Å². The first-order valence-corrected chi connectivity index (χ1v) is 7.08. The molecule has 1 nitrogen and oxygen atoms in total. The molecule has 1 aliphatic heterocycles. The SMILES string of the molecule is CC1CCC(CC2(CBr)CCCC2)O1. The predicted octanol–water partition coefficient (Wildman–Crippen LogP) is 3.90. The lowest BCUT2D eigenvalue weighted by Crippen LogP contribution is -2.25. The van der Waals surface area contributed by atoms with Crippen molar-refractivity contribution in [3.05, 3.63) is 0 Å². The van der Waals surface area contributed by atoms with Gasteiger partial charge in [0.15, 0.2) is 0 Å². The third-order valence-electron chi connectivity index (χ3n) is 3.93. The van der Waals surface area contributed by atoms with Crippen molar-refractivity contribution in [3.63, 3.8) is 0 Å². The standard InChI is InChI=1S/C12H21BrO/c1-10-4-5-11(14-10)8-12(9-13)6-2-3-7-12/h10-11H,2-9H2,1H3. The molecular weight excluding hydrogens is 240 g/mol. The van der Waals surface area contributed by atoms with E-state index in [2.05, 4.69) is 22.9 Å². The van der Waals surface area contributed by atoms with Gasteiger partial charge in [0.25, 0.3) is 0 Å². The smallest absolute Gasteiger partial charge is 0.0585 e. The van der Waals surface area contributed by atoms with Crippen molar-refractivity contribution in [2.75, 3.05) is 5.33 Å². The summed E-state index contributed by atoms with van der Waals surface area (Å²) in [7, 11) is 0. The number of ether oxygens (including phenoxy) is 1. The van der Waals surface area contributed by atoms with Crippen LogP contribution in [0.2, 0.25) is 0 Å². The molecule has 0 radical (unpaired) electrons. The van der Waals surface area contributed by atoms with Crippen molar-refractivity contribution in [3.8, 4) is 0 Å². The van der Waals surface area contributed by atoms with Crippen LogP contribution in [0.25, 0.3) is 0 Å². The highest BCUT2D eigenvalue weighted by atomic mass is 79.9. The van der Waals surface area contributed by atoms with Crippen LogP contribution in [0.1, 0.15) is 51.9 Å². The zero-order valence-corrected chi connectivity index (χ0v) is 10.7. The van der Waals surface area contributed by atoms with Crippen LogP contribution in [0.4, 0.5) is 0 Å². The van der Waals surface area contributed by atoms with Gasteiger partial charge in [-0.05, 0) is 44.4 Å². The van der Waals surface area contributed by atoms with Crippen LogP contribution in [-0.4, -0.2) is 17.5 Å². The molecule has 14 heavy (non-hydrogen) atoms. The van der Waals surface area contributed by atoms with E-state index < -0.39 is 0 Å². The van der Waals surface area contributed by atoms with Crippen LogP contribution in [0.3, 0.4) is 0 Å². The molecule has 1 saturated carbocycles. The summed E-state index contributed by atoms with van der Waals surface area (Å²) in [6.07, 6.45) is 10.6. The van der Waals surface area contributed by atoms with Crippen LogP contribution in [0, 0.1) is 5.41 Å². The van der Waals surface area contributed by atoms with E-state index in [0.29, 0.717) is 17.6 Å². The van der Waals surface area contributed by atoms with Gasteiger partial charge in [-0.2, -0.15) is 0 Å². The van der Waals surface area contributed by atoms with Crippen molar-refractivity contribution >= 4 is 15.9 Å². The second kappa shape index (κ2) is 4.52. The van der Waals surface area contributed by atoms with Gasteiger partial charge in [0, 0.05) is 5.33 Å². The van der Waals surface area contributed by atoms with E-state index in [0.717, 1.165) is 0 Å². The number of alkyl halides is 1. The lowest BCUT2D eigenvalue weighted by atomic mass is 9.82. The second-order valence-electron chi connectivity index (χ2n) is 5.19. The van der Waals surface area contributed by atoms with E-state index in [9.17, 15) is 0 Å². The molecule has 2 aliphatic rings. The summed E-state index contributed by atoms with van der Waals surface area (Å²) in [5.74, 6) is 0. The zero-order chi connectivity index (χ0) is 10.0. The van der Waals surface area contributed by atoms with Crippen molar-refractivity contribution in [2.45, 2.75) is 64.1 Å². The third-order valence-corrected chi connectivity index (χ3v) is 5.12. The summed E-state index contributed by atoms with van der Waals surface area (Å²) in [4.78, 5) is 0. The minimum Gasteiger partial charge on any atom is -0.375 e. The number of hydrogen-bond donors (Lipinski definition) is 0. The molecule has 0 N–H and O–H groups in total. The van der Waals surface area contributed by atoms with Gasteiger partial charge in [0.1, 0.15) is 0 Å². The Hall–Kier alpha value is 0.440. The number of hydrogen-bond acceptors (Lipinski definition) is 1. The summed E-state index contributed by atoms with van der Waals surface area (Å²) < 4.78 is 5.93. The molecule has 1 heterocycles. The van der Waals surface area contributed by atoms with Crippen molar-refractivity contribution < 1.29 is 4.74 Å². The van der Waals surface area contributed by atoms with Crippen molar-refractivity contribution in [1.82, 2.24) is 0 Å². The first kappa shape index (κ1) is 10.9. The van der Waals surface area contributed by atoms with Gasteiger partial charge >= 0.3 is 0 Å². The van der Waals surface area contributed by atoms with Gasteiger partial charge in [-0.25, -0.2) is 0 Å². The molecule has 2 fully saturated rings. The Kier molecular flexibility index (Phi) is 3.54. The van der Waals surface area contributed by atoms with E-state index in [-0.39, 0.29) is 0 Å². The minimum atomic E-state index is 0.508. The molecule has 0 aromatic rings. The molecule has 1 aliphatic carbocycles. The predicted molar refractivity (Wildman–Crippen MR) is 62.9 cm³/mol. The topological polar surface area (TPSA) is 9.23 Å². The van der Waals surface area contributed by atoms with Gasteiger partial charge < -0.3 is 4.74 Å². The Bertz CT molecular complexity index is 187. The number of halogens is 1. The monoisotopic (exact) mass is 260 g/mol. The molecule has 2 heteroatoms. The van der Waals surface area contributed by atoms with Crippen molar-refractivity contribution in [2.24, 2.45) is 5.41 Å². The summed E-state index contributed by atoms with van der Waals surface area (Å²) in [6, 6.07) is 0. The molecule has 0 aromatic carbocycles. The van der Waals surface area contributed by atoms with Gasteiger partial charge in [0.05, 0.1) is 12.2 Å². The molecule has 0 aromatic heterocycles. The lowest BCUT2D eigenvalue weighted by Gasteiger charge is -2.29. The average molecular weight is 261 g/mol. The van der Waals surface area contributed by atoms with Crippen LogP contribution in [-0.2, 0) is 4.74 Å². The van der Waals surface area contributed by atoms with E-state index in [1.165, 1.54) is 50.3 Å². The van der Waals surface area contributed by atoms with Crippen LogP contribution < -0.4 is 0 Å². The maximum absolute atomic E-state index is 5.93. The average Bonchev–Trinajstić information content (AvgIpc) is 2.77. The molecule has 0 bridgehead atoms. The third kappa shape index (κ3) is 2.33. The first-order chi connectivity index (χ1) is 6.74. The fourth-order valence-corrected chi connectivity index (χ4v) is 3.83. The summed E-state index contributed by atoms with van der Waals surface area (Å²) in [5, 5.41) is 1.17. The Balaban J connectivity index is 1.88. The number of rotatable bonds is 3. The maximum atomic E-state index is 5.93. The van der Waals surface area contributed by atoms with Gasteiger partial charge in [-0.3, -0.25) is 0 Å². The van der Waals surface area contributed by atoms with E-state index in [1.807, 2.05) is 0 Å². The summed E-state index contributed by atoms with van der Waals surface area (Å²) >= 11 is 3.70. The van der Waals surface area contributed by atoms with Crippen molar-refractivity contribution in [1.29, 1.82) is 0 Å². The molecule has 2 rings (SSSR count). The van der Waals surface area contributed by atoms with Crippen LogP contribution in [0.15, 0.2) is 0 Å². The van der Waals surface area contributed by atoms with Crippen LogP contribution in [0.5, 0.6) is 0 Å². The molecule has 0 spiro atoms. The largest absolute Gasteiger partial charge is 0.375 e. The Morgan fingerprint density at radius 3 is 2.50 bits per heavy atom. The maximum Gasteiger partial charge on any atom is 0.0585 e. The second-order valence-corrected chi connectivity index (χ2v) is 5.75. The highest BCUT2D eigenvalue weighted by molar-refractivity contribution is 9.09. The lowest BCUT2D eigenvalue weighted by molar-refractivity contribution is 0.0275. The van der Waals surface area contributed by atoms with E-state index >= 15 is 0 Å². The van der Waals surface area contributed by atoms with Gasteiger partial charge in [-0.15, -0.1) is 0 Å². The zero-order valence-electron chi connectivity index (χ0n) is 9.10. The van der Waals surface area contributed by atoms with Crippen LogP contribution >= 0.6 is 15.9 Å². The quantitative estimate of drug-likeness (QED) is 0.700. The fraction of sp³-hybridized carbons (Fsp3) is 1.00. The molecule has 2 unspecified atom stereocenters. The van der Waals surface area contributed by atoms with Gasteiger partial charge in [0.2, 0.25) is 0 Å².